The van der Waals surface area contributed by atoms with Crippen LogP contribution in [0.5, 0.6) is 0 Å². The maximum atomic E-state index is 14.4. The maximum Gasteiger partial charge on any atom is 0.338 e. The van der Waals surface area contributed by atoms with E-state index in [-0.39, 0.29) is 18.1 Å². The molecular formula is C24H27FN2O5S. The largest absolute Gasteiger partial charge is 0.457 e. The topological polar surface area (TPSA) is 84.0 Å². The van der Waals surface area contributed by atoms with Crippen LogP contribution in [0.1, 0.15) is 58.4 Å². The fraction of sp³-hybridized carbons (Fsp3) is 0.417. The zero-order valence-corrected chi connectivity index (χ0v) is 19.2. The van der Waals surface area contributed by atoms with Gasteiger partial charge in [0.05, 0.1) is 5.56 Å². The summed E-state index contributed by atoms with van der Waals surface area (Å²) in [5, 5.41) is 0. The van der Waals surface area contributed by atoms with E-state index in [0.717, 1.165) is 57.3 Å². The first kappa shape index (κ1) is 23.4. The first-order chi connectivity index (χ1) is 15.9. The summed E-state index contributed by atoms with van der Waals surface area (Å²) in [7, 11) is -4.02. The van der Waals surface area contributed by atoms with Crippen molar-refractivity contribution >= 4 is 21.9 Å². The Balaban J connectivity index is 1.41. The van der Waals surface area contributed by atoms with Gasteiger partial charge in [-0.2, -0.15) is 4.31 Å². The zero-order valence-electron chi connectivity index (χ0n) is 18.3. The van der Waals surface area contributed by atoms with Gasteiger partial charge in [-0.3, -0.25) is 4.79 Å². The Kier molecular flexibility index (Phi) is 7.09. The number of benzene rings is 2. The van der Waals surface area contributed by atoms with Gasteiger partial charge in [-0.15, -0.1) is 0 Å². The number of esters is 1. The van der Waals surface area contributed by atoms with Crippen LogP contribution in [-0.2, 0) is 21.4 Å². The van der Waals surface area contributed by atoms with E-state index in [2.05, 4.69) is 0 Å². The van der Waals surface area contributed by atoms with E-state index in [0.29, 0.717) is 24.2 Å². The lowest BCUT2D eigenvalue weighted by Crippen LogP contribution is -2.36. The molecule has 0 saturated carbocycles. The predicted molar refractivity (Wildman–Crippen MR) is 120 cm³/mol. The molecule has 0 N–H and O–H groups in total. The number of halogens is 1. The van der Waals surface area contributed by atoms with Crippen LogP contribution >= 0.6 is 0 Å². The van der Waals surface area contributed by atoms with Crippen LogP contribution in [0.15, 0.2) is 47.4 Å². The zero-order chi connectivity index (χ0) is 23.4. The monoisotopic (exact) mass is 474 g/mol. The van der Waals surface area contributed by atoms with Gasteiger partial charge in [-0.1, -0.05) is 18.6 Å². The smallest absolute Gasteiger partial charge is 0.338 e. The molecule has 0 bridgehead atoms. The number of rotatable bonds is 6. The van der Waals surface area contributed by atoms with E-state index in [1.54, 1.807) is 24.3 Å². The van der Waals surface area contributed by atoms with E-state index >= 15 is 0 Å². The quantitative estimate of drug-likeness (QED) is 0.598. The first-order valence-corrected chi connectivity index (χ1v) is 12.7. The summed E-state index contributed by atoms with van der Waals surface area (Å²) in [4.78, 5) is 26.2. The Hall–Kier alpha value is -2.78. The molecule has 7 nitrogen and oxygen atoms in total. The third kappa shape index (κ3) is 5.25. The minimum atomic E-state index is -4.02. The molecule has 1 amide bonds. The standard InChI is InChI=1S/C24H27FN2O5S/c25-21-11-10-20(16-22(21)33(30,31)27-14-2-1-3-15-27)24(29)32-17-18-6-8-19(9-7-18)23(28)26-12-4-5-13-26/h6-11,16H,1-5,12-15,17H2. The van der Waals surface area contributed by atoms with Gasteiger partial charge in [0.15, 0.2) is 0 Å². The van der Waals surface area contributed by atoms with E-state index in [1.807, 2.05) is 4.90 Å². The highest BCUT2D eigenvalue weighted by atomic mass is 32.2. The summed E-state index contributed by atoms with van der Waals surface area (Å²) < 4.78 is 46.6. The van der Waals surface area contributed by atoms with Crippen LogP contribution in [-0.4, -0.2) is 55.7 Å². The van der Waals surface area contributed by atoms with Crippen molar-refractivity contribution in [3.63, 3.8) is 0 Å². The highest BCUT2D eigenvalue weighted by molar-refractivity contribution is 7.89. The predicted octanol–water partition coefficient (Wildman–Crippen LogP) is 3.59. The molecular weight excluding hydrogens is 447 g/mol. The van der Waals surface area contributed by atoms with Crippen LogP contribution in [0.4, 0.5) is 4.39 Å². The molecule has 2 aromatic carbocycles. The summed E-state index contributed by atoms with van der Waals surface area (Å²) in [6.07, 6.45) is 4.43. The van der Waals surface area contributed by atoms with E-state index in [4.69, 9.17) is 4.74 Å². The molecule has 2 fully saturated rings. The number of carbonyl (C=O) groups excluding carboxylic acids is 2. The number of nitrogens with zero attached hydrogens (tertiary/aromatic N) is 2. The van der Waals surface area contributed by atoms with Gasteiger partial charge in [0, 0.05) is 31.7 Å². The van der Waals surface area contributed by atoms with Crippen molar-refractivity contribution in [1.82, 2.24) is 9.21 Å². The Bertz CT molecular complexity index is 1120. The number of hydrogen-bond donors (Lipinski definition) is 0. The van der Waals surface area contributed by atoms with Gasteiger partial charge in [0.1, 0.15) is 17.3 Å². The molecule has 0 radical (unpaired) electrons. The number of hydrogen-bond acceptors (Lipinski definition) is 5. The van der Waals surface area contributed by atoms with E-state index in [1.165, 1.54) is 10.4 Å². The van der Waals surface area contributed by atoms with Crippen molar-refractivity contribution in [2.45, 2.75) is 43.6 Å². The molecule has 2 saturated heterocycles. The average Bonchev–Trinajstić information content (AvgIpc) is 3.38. The summed E-state index contributed by atoms with van der Waals surface area (Å²) in [5.74, 6) is -1.65. The normalized spacial score (nSPS) is 17.2. The van der Waals surface area contributed by atoms with E-state index < -0.39 is 26.7 Å². The third-order valence-corrected chi connectivity index (χ3v) is 7.98. The molecule has 176 valence electrons. The van der Waals surface area contributed by atoms with Crippen molar-refractivity contribution in [2.24, 2.45) is 0 Å². The van der Waals surface area contributed by atoms with Gasteiger partial charge >= 0.3 is 5.97 Å². The minimum Gasteiger partial charge on any atom is -0.457 e. The molecule has 4 rings (SSSR count). The molecule has 0 aliphatic carbocycles. The second-order valence-electron chi connectivity index (χ2n) is 8.38. The molecule has 9 heteroatoms. The number of likely N-dealkylation sites (tertiary alicyclic amines) is 1. The number of carbonyl (C=O) groups is 2. The summed E-state index contributed by atoms with van der Waals surface area (Å²) in [6.45, 7) is 2.17. The Morgan fingerprint density at radius 2 is 1.45 bits per heavy atom. The maximum absolute atomic E-state index is 14.4. The molecule has 2 aromatic rings. The van der Waals surface area contributed by atoms with Crippen molar-refractivity contribution < 1.29 is 27.1 Å². The van der Waals surface area contributed by atoms with Gasteiger partial charge < -0.3 is 9.64 Å². The Morgan fingerprint density at radius 1 is 0.848 bits per heavy atom. The summed E-state index contributed by atoms with van der Waals surface area (Å²) >= 11 is 0. The van der Waals surface area contributed by atoms with Gasteiger partial charge in [0.25, 0.3) is 5.91 Å². The minimum absolute atomic E-state index is 0.00944. The molecule has 2 aliphatic rings. The molecule has 0 aromatic heterocycles. The van der Waals surface area contributed by atoms with Gasteiger partial charge in [-0.25, -0.2) is 17.6 Å². The van der Waals surface area contributed by atoms with Crippen molar-refractivity contribution in [3.05, 3.63) is 65.0 Å². The fourth-order valence-electron chi connectivity index (χ4n) is 4.15. The highest BCUT2D eigenvalue weighted by Gasteiger charge is 2.29. The van der Waals surface area contributed by atoms with Crippen molar-refractivity contribution in [1.29, 1.82) is 0 Å². The second kappa shape index (κ2) is 10.0. The van der Waals surface area contributed by atoms with Crippen LogP contribution in [0, 0.1) is 5.82 Å². The fourth-order valence-corrected chi connectivity index (χ4v) is 5.76. The number of ether oxygens (including phenoxy) is 1. The van der Waals surface area contributed by atoms with E-state index in [9.17, 15) is 22.4 Å². The van der Waals surface area contributed by atoms with Crippen LogP contribution in [0.2, 0.25) is 0 Å². The summed E-state index contributed by atoms with van der Waals surface area (Å²) in [5.41, 5.74) is 1.23. The van der Waals surface area contributed by atoms with Crippen molar-refractivity contribution in [2.75, 3.05) is 26.2 Å². The van der Waals surface area contributed by atoms with Gasteiger partial charge in [0.2, 0.25) is 10.0 Å². The highest BCUT2D eigenvalue weighted by Crippen LogP contribution is 2.24. The number of piperidine rings is 1. The lowest BCUT2D eigenvalue weighted by Gasteiger charge is -2.26. The summed E-state index contributed by atoms with van der Waals surface area (Å²) in [6, 6.07) is 10.1. The molecule has 0 atom stereocenters. The van der Waals surface area contributed by atoms with Crippen LogP contribution < -0.4 is 0 Å². The molecule has 33 heavy (non-hydrogen) atoms. The lowest BCUT2D eigenvalue weighted by atomic mass is 10.1. The van der Waals surface area contributed by atoms with Gasteiger partial charge in [-0.05, 0) is 61.6 Å². The molecule has 0 unspecified atom stereocenters. The second-order valence-corrected chi connectivity index (χ2v) is 10.3. The average molecular weight is 475 g/mol. The van der Waals surface area contributed by atoms with Crippen LogP contribution in [0.3, 0.4) is 0 Å². The Morgan fingerprint density at radius 3 is 2.12 bits per heavy atom. The van der Waals surface area contributed by atoms with Crippen molar-refractivity contribution in [3.8, 4) is 0 Å². The Labute approximate surface area is 193 Å². The SMILES string of the molecule is O=C(OCc1ccc(C(=O)N2CCCC2)cc1)c1ccc(F)c(S(=O)(=O)N2CCCCC2)c1. The van der Waals surface area contributed by atoms with Crippen LogP contribution in [0.25, 0.3) is 0 Å². The third-order valence-electron chi connectivity index (χ3n) is 6.06. The first-order valence-electron chi connectivity index (χ1n) is 11.2. The lowest BCUT2D eigenvalue weighted by molar-refractivity contribution is 0.0472. The molecule has 2 heterocycles. The molecule has 2 aliphatic heterocycles. The number of sulfonamides is 1. The number of amides is 1. The molecule has 0 spiro atoms.